The Morgan fingerprint density at radius 2 is 0.280 bits per heavy atom. The van der Waals surface area contributed by atoms with Crippen molar-refractivity contribution in [1.82, 2.24) is 0 Å². The van der Waals surface area contributed by atoms with Crippen LogP contribution in [-0.4, -0.2) is 43.4 Å². The smallest absolute Gasteiger partial charge is 0.107 e. The molecule has 0 N–H and O–H groups in total. The summed E-state index contributed by atoms with van der Waals surface area (Å²) in [6.45, 7) is 0. The first-order valence-corrected chi connectivity index (χ1v) is 43.3. The minimum atomic E-state index is -1.32. The summed E-state index contributed by atoms with van der Waals surface area (Å²) >= 11 is 0. The first kappa shape index (κ1) is 73.0. The number of nitrogens with zero attached hydrogens (tertiary/aromatic N) is 4. The van der Waals surface area contributed by atoms with E-state index in [1.807, 2.05) is 72.8 Å². The third-order valence-corrected chi connectivity index (χ3v) is 35.0. The van der Waals surface area contributed by atoms with E-state index in [-0.39, 0.29) is 42.1 Å². The zero-order valence-electron chi connectivity index (χ0n) is 55.7. The van der Waals surface area contributed by atoms with Crippen LogP contribution in [0.3, 0.4) is 0 Å². The van der Waals surface area contributed by atoms with Gasteiger partial charge in [0.15, 0.2) is 0 Å². The largest absolute Gasteiger partial charge is 0.474 e. The van der Waals surface area contributed by atoms with Gasteiger partial charge in [-0.05, 0) is 121 Å². The molecule has 0 bridgehead atoms. The molecule has 0 saturated heterocycles. The predicted octanol–water partition coefficient (Wildman–Crippen LogP) is 16.1. The number of benzene rings is 14. The minimum absolute atomic E-state index is 0. The Labute approximate surface area is 630 Å². The Morgan fingerprint density at radius 1 is 0.160 bits per heavy atom. The number of fused-ring (bicyclic) bond motifs is 2. The quantitative estimate of drug-likeness (QED) is 0.0627. The van der Waals surface area contributed by atoms with Gasteiger partial charge in [-0.15, -0.1) is 0 Å². The molecule has 2 aliphatic rings. The normalized spacial score (nSPS) is 11.8. The average Bonchev–Trinajstić information content (AvgIpc) is 1.60. The molecule has 14 aromatic rings. The fourth-order valence-corrected chi connectivity index (χ4v) is 31.2. The van der Waals surface area contributed by atoms with E-state index >= 15 is 0 Å². The van der Waals surface area contributed by atoms with Gasteiger partial charge in [0, 0.05) is 64.9 Å². The van der Waals surface area contributed by atoms with Crippen LogP contribution in [-0.2, 0) is 42.1 Å². The number of hydrogen-bond donors (Lipinski definition) is 0. The summed E-state index contributed by atoms with van der Waals surface area (Å²) in [4.78, 5) is 0. The van der Waals surface area contributed by atoms with Gasteiger partial charge in [-0.1, -0.05) is 322 Å². The maximum atomic E-state index is 2.80. The molecular weight excluding hydrogens is 1680 g/mol. The van der Waals surface area contributed by atoms with E-state index in [9.17, 15) is 0 Å². The van der Waals surface area contributed by atoms with Gasteiger partial charge in [-0.25, -0.2) is 0 Å². The first-order valence-electron chi connectivity index (χ1n) is 33.7. The Morgan fingerprint density at radius 3 is 0.430 bits per heavy atom. The second-order valence-electron chi connectivity index (χ2n) is 23.9. The zero-order valence-corrected chi connectivity index (χ0v) is 66.2. The third-order valence-electron chi connectivity index (χ3n) is 17.6. The van der Waals surface area contributed by atoms with Gasteiger partial charge in [0.1, 0.15) is 25.1 Å². The van der Waals surface area contributed by atoms with Crippen molar-refractivity contribution >= 4 is 125 Å². The summed E-state index contributed by atoms with van der Waals surface area (Å²) in [7, 11) is -6.99. The number of rotatable bonds is 18. The van der Waals surface area contributed by atoms with Gasteiger partial charge in [0.05, 0.1) is 74.1 Å². The molecule has 16 rings (SSSR count). The van der Waals surface area contributed by atoms with Crippen LogP contribution in [0.5, 0.6) is 0 Å². The van der Waals surface area contributed by atoms with Crippen molar-refractivity contribution in [2.75, 3.05) is 43.4 Å². The fraction of sp³-hybridized carbons (Fsp3) is 0.0455. The summed E-state index contributed by atoms with van der Waals surface area (Å²) in [5, 5.41) is 14.6. The van der Waals surface area contributed by atoms with E-state index in [4.69, 9.17) is 0 Å². The molecule has 0 aromatic heterocycles. The van der Waals surface area contributed by atoms with Crippen molar-refractivity contribution < 1.29 is 42.1 Å². The standard InChI is InChI=1S/2C38H33N2P2Si.2C6H6.2Pt/c2*1-6-18-32(19-7-1)41(33-20-8-2-9-21-33)30-39-37-28-16-17-29-38(37)40(43(39)36-26-14-5-15-27-36)31-42(34-22-10-3-11-23-34)35-24-12-4-13-25-35;2*1-2-4-6-5-3-1;;/h2*1-29H,30-31H2;2*1-6H;;/q2*-1;;;;/p+4. The second kappa shape index (κ2) is 38.6. The Bertz CT molecular complexity index is 3840. The van der Waals surface area contributed by atoms with Crippen LogP contribution >= 0.6 is 31.7 Å². The zero-order chi connectivity index (χ0) is 66.2. The average molecular weight is 1770 g/mol. The number of para-hydroxylation sites is 4. The maximum absolute atomic E-state index is 2.80. The van der Waals surface area contributed by atoms with Gasteiger partial charge < -0.3 is 18.3 Å². The van der Waals surface area contributed by atoms with Gasteiger partial charge in [0.25, 0.3) is 0 Å². The molecule has 0 saturated carbocycles. The fourth-order valence-electron chi connectivity index (χ4n) is 12.9. The molecule has 0 radical (unpaired) electrons. The molecule has 2 aliphatic heterocycles. The Balaban J connectivity index is 0.000000169. The maximum Gasteiger partial charge on any atom is 0.107 e. The van der Waals surface area contributed by atoms with E-state index < -0.39 is 49.9 Å². The molecule has 100 heavy (non-hydrogen) atoms. The molecule has 0 unspecified atom stereocenters. The van der Waals surface area contributed by atoms with Crippen LogP contribution in [0.2, 0.25) is 0 Å². The topological polar surface area (TPSA) is 13.0 Å². The molecule has 500 valence electrons. The van der Waals surface area contributed by atoms with E-state index in [1.165, 1.54) is 75.6 Å². The summed E-state index contributed by atoms with van der Waals surface area (Å²) in [5.41, 5.74) is 5.49. The molecule has 0 fully saturated rings. The van der Waals surface area contributed by atoms with E-state index in [0.29, 0.717) is 0 Å². The van der Waals surface area contributed by atoms with E-state index in [0.717, 1.165) is 25.1 Å². The molecular formula is C88H82N4P4Pt2Si2+2. The van der Waals surface area contributed by atoms with Crippen molar-refractivity contribution in [3.8, 4) is 0 Å². The van der Waals surface area contributed by atoms with E-state index in [2.05, 4.69) is 370 Å². The molecule has 0 atom stereocenters. The summed E-state index contributed by atoms with van der Waals surface area (Å²) in [5.74, 6) is 0. The van der Waals surface area contributed by atoms with Crippen molar-refractivity contribution in [2.45, 2.75) is 0 Å². The van der Waals surface area contributed by atoms with Crippen LogP contribution in [0, 0.1) is 0 Å². The van der Waals surface area contributed by atoms with Gasteiger partial charge in [0.2, 0.25) is 0 Å². The molecule has 0 spiro atoms. The molecule has 0 amide bonds. The molecule has 14 aromatic carbocycles. The monoisotopic (exact) mass is 1760 g/mol. The van der Waals surface area contributed by atoms with Crippen LogP contribution in [0.15, 0.2) is 425 Å². The van der Waals surface area contributed by atoms with Gasteiger partial charge >= 0.3 is 0 Å². The molecule has 0 aliphatic carbocycles. The number of hydrogen-bond acceptors (Lipinski definition) is 4. The predicted molar refractivity (Wildman–Crippen MR) is 441 cm³/mol. The molecule has 2 heterocycles. The van der Waals surface area contributed by atoms with Crippen LogP contribution < -0.4 is 71.1 Å². The van der Waals surface area contributed by atoms with Gasteiger partial charge in [-0.2, -0.15) is 10.4 Å². The molecule has 12 heteroatoms. The first-order chi connectivity index (χ1) is 48.7. The molecule has 4 nitrogen and oxygen atoms in total. The summed E-state index contributed by atoms with van der Waals surface area (Å²) < 4.78 is 11.2. The second-order valence-corrected chi connectivity index (χ2v) is 38.2. The summed E-state index contributed by atoms with van der Waals surface area (Å²) in [6.07, 6.45) is 4.09. The van der Waals surface area contributed by atoms with Crippen LogP contribution in [0.25, 0.3) is 0 Å². The summed E-state index contributed by atoms with van der Waals surface area (Å²) in [6, 6.07) is 155. The van der Waals surface area contributed by atoms with Crippen molar-refractivity contribution in [3.05, 3.63) is 425 Å². The Hall–Kier alpha value is -8.19. The SMILES string of the molecule is [Pt].[Pt].c1ccc([Si-]2N(C[PH+](c3ccccc3)c3ccccc3)c3ccccc3N2C[PH+](c2ccccc2)c2ccccc2)cc1.c1ccc([Si-]2N(C[PH+](c3ccccc3)c3ccccc3)c3ccccc3N2C[PH+](c2ccccc2)c2ccccc2)cc1.c1ccccc1.c1ccccc1. The van der Waals surface area contributed by atoms with Crippen molar-refractivity contribution in [2.24, 2.45) is 0 Å². The number of anilines is 4. The minimum Gasteiger partial charge on any atom is -0.474 e. The van der Waals surface area contributed by atoms with Crippen LogP contribution in [0.4, 0.5) is 22.7 Å². The van der Waals surface area contributed by atoms with Crippen molar-refractivity contribution in [3.63, 3.8) is 0 Å². The van der Waals surface area contributed by atoms with Crippen molar-refractivity contribution in [1.29, 1.82) is 0 Å². The van der Waals surface area contributed by atoms with Gasteiger partial charge in [-0.3, -0.25) is 0 Å². The van der Waals surface area contributed by atoms with Crippen LogP contribution in [0.1, 0.15) is 0 Å². The van der Waals surface area contributed by atoms with E-state index in [1.54, 1.807) is 0 Å². The third kappa shape index (κ3) is 18.9. The Kier molecular flexibility index (Phi) is 28.2.